The van der Waals surface area contributed by atoms with Crippen LogP contribution in [0.1, 0.15) is 18.1 Å². The predicted molar refractivity (Wildman–Crippen MR) is 109 cm³/mol. The van der Waals surface area contributed by atoms with Gasteiger partial charge in [-0.1, -0.05) is 36.8 Å². The molecule has 7 nitrogen and oxygen atoms in total. The third-order valence-electron chi connectivity index (χ3n) is 5.23. The lowest BCUT2D eigenvalue weighted by Gasteiger charge is -2.34. The van der Waals surface area contributed by atoms with Gasteiger partial charge in [-0.15, -0.1) is 0 Å². The van der Waals surface area contributed by atoms with Crippen molar-refractivity contribution in [3.8, 4) is 0 Å². The molecule has 0 spiro atoms. The first-order valence-corrected chi connectivity index (χ1v) is 9.60. The van der Waals surface area contributed by atoms with Crippen LogP contribution in [0, 0.1) is 6.92 Å². The number of likely N-dealkylation sites (N-methyl/N-ethyl adjacent to an activating group) is 1. The molecule has 0 unspecified atom stereocenters. The minimum Gasteiger partial charge on any atom is -0.365 e. The standard InChI is InChI=1S/C20H27N7/c1-4-26-8-10-27(11-9-26)20-23-18(17-14-22-25(3)19(17)24-20)21-13-16-7-5-6-15(2)12-16/h5-7,12,14H,4,8-11,13H2,1-3H3,(H,21,23,24). The zero-order chi connectivity index (χ0) is 18.8. The first-order chi connectivity index (χ1) is 13.1. The highest BCUT2D eigenvalue weighted by Gasteiger charge is 2.20. The zero-order valence-corrected chi connectivity index (χ0v) is 16.3. The predicted octanol–water partition coefficient (Wildman–Crippen LogP) is 2.43. The van der Waals surface area contributed by atoms with Crippen molar-refractivity contribution in [3.05, 3.63) is 41.6 Å². The van der Waals surface area contributed by atoms with E-state index < -0.39 is 0 Å². The van der Waals surface area contributed by atoms with Crippen molar-refractivity contribution in [3.63, 3.8) is 0 Å². The lowest BCUT2D eigenvalue weighted by molar-refractivity contribution is 0.270. The Morgan fingerprint density at radius 1 is 1.11 bits per heavy atom. The van der Waals surface area contributed by atoms with Crippen LogP contribution in [0.5, 0.6) is 0 Å². The molecule has 0 aliphatic carbocycles. The molecular formula is C20H27N7. The Hall–Kier alpha value is -2.67. The van der Waals surface area contributed by atoms with Gasteiger partial charge in [0.05, 0.1) is 11.6 Å². The third-order valence-corrected chi connectivity index (χ3v) is 5.23. The summed E-state index contributed by atoms with van der Waals surface area (Å²) in [6.07, 6.45) is 1.84. The molecule has 0 radical (unpaired) electrons. The van der Waals surface area contributed by atoms with E-state index in [2.05, 4.69) is 58.3 Å². The Kier molecular flexibility index (Phi) is 4.94. The maximum Gasteiger partial charge on any atom is 0.229 e. The number of nitrogens with one attached hydrogen (secondary N) is 1. The average Bonchev–Trinajstić information content (AvgIpc) is 3.07. The van der Waals surface area contributed by atoms with Crippen molar-refractivity contribution in [2.75, 3.05) is 42.9 Å². The van der Waals surface area contributed by atoms with Gasteiger partial charge in [0.15, 0.2) is 5.65 Å². The fourth-order valence-electron chi connectivity index (χ4n) is 3.56. The molecule has 0 amide bonds. The molecule has 142 valence electrons. The molecule has 27 heavy (non-hydrogen) atoms. The number of anilines is 2. The highest BCUT2D eigenvalue weighted by atomic mass is 15.4. The molecule has 1 aliphatic rings. The third kappa shape index (κ3) is 3.73. The van der Waals surface area contributed by atoms with Gasteiger partial charge in [0.1, 0.15) is 5.82 Å². The Balaban J connectivity index is 1.61. The number of hydrogen-bond donors (Lipinski definition) is 1. The summed E-state index contributed by atoms with van der Waals surface area (Å²) in [5, 5.41) is 8.85. The molecule has 0 saturated carbocycles. The summed E-state index contributed by atoms with van der Waals surface area (Å²) < 4.78 is 1.82. The molecule has 1 aliphatic heterocycles. The average molecular weight is 365 g/mol. The van der Waals surface area contributed by atoms with E-state index in [4.69, 9.17) is 9.97 Å². The summed E-state index contributed by atoms with van der Waals surface area (Å²) in [6, 6.07) is 8.53. The molecule has 1 fully saturated rings. The molecule has 7 heteroatoms. The van der Waals surface area contributed by atoms with Gasteiger partial charge in [-0.25, -0.2) is 0 Å². The Morgan fingerprint density at radius 2 is 1.93 bits per heavy atom. The molecule has 3 aromatic rings. The van der Waals surface area contributed by atoms with E-state index in [0.29, 0.717) is 0 Å². The molecule has 4 rings (SSSR count). The van der Waals surface area contributed by atoms with Crippen LogP contribution in [-0.2, 0) is 13.6 Å². The van der Waals surface area contributed by atoms with Crippen LogP contribution in [-0.4, -0.2) is 57.4 Å². The number of nitrogens with zero attached hydrogens (tertiary/aromatic N) is 6. The second kappa shape index (κ2) is 7.52. The number of rotatable bonds is 5. The van der Waals surface area contributed by atoms with Crippen LogP contribution in [0.3, 0.4) is 0 Å². The Morgan fingerprint density at radius 3 is 2.67 bits per heavy atom. The van der Waals surface area contributed by atoms with Gasteiger partial charge in [0, 0.05) is 39.8 Å². The number of aromatic nitrogens is 4. The van der Waals surface area contributed by atoms with Crippen molar-refractivity contribution in [1.82, 2.24) is 24.6 Å². The van der Waals surface area contributed by atoms with Gasteiger partial charge < -0.3 is 15.1 Å². The minimum atomic E-state index is 0.728. The number of piperazine rings is 1. The van der Waals surface area contributed by atoms with Crippen molar-refractivity contribution in [2.24, 2.45) is 7.05 Å². The molecule has 1 N–H and O–H groups in total. The molecule has 0 atom stereocenters. The summed E-state index contributed by atoms with van der Waals surface area (Å²) in [4.78, 5) is 14.4. The lowest BCUT2D eigenvalue weighted by Crippen LogP contribution is -2.46. The van der Waals surface area contributed by atoms with Crippen LogP contribution < -0.4 is 10.2 Å². The van der Waals surface area contributed by atoms with Gasteiger partial charge in [-0.05, 0) is 19.0 Å². The number of fused-ring (bicyclic) bond motifs is 1. The first-order valence-electron chi connectivity index (χ1n) is 9.60. The van der Waals surface area contributed by atoms with E-state index in [1.165, 1.54) is 11.1 Å². The lowest BCUT2D eigenvalue weighted by atomic mass is 10.1. The molecular weight excluding hydrogens is 338 g/mol. The summed E-state index contributed by atoms with van der Waals surface area (Å²) in [6.45, 7) is 10.2. The Bertz CT molecular complexity index is 925. The molecule has 0 bridgehead atoms. The van der Waals surface area contributed by atoms with Crippen LogP contribution >= 0.6 is 0 Å². The van der Waals surface area contributed by atoms with E-state index in [0.717, 1.165) is 62.1 Å². The van der Waals surface area contributed by atoms with Gasteiger partial charge in [0.2, 0.25) is 5.95 Å². The number of hydrogen-bond acceptors (Lipinski definition) is 6. The van der Waals surface area contributed by atoms with Crippen molar-refractivity contribution in [1.29, 1.82) is 0 Å². The molecule has 1 aromatic carbocycles. The summed E-state index contributed by atoms with van der Waals surface area (Å²) in [5.41, 5.74) is 3.37. The molecule has 1 saturated heterocycles. The maximum atomic E-state index is 4.86. The second-order valence-corrected chi connectivity index (χ2v) is 7.14. The summed E-state index contributed by atoms with van der Waals surface area (Å²) >= 11 is 0. The van der Waals surface area contributed by atoms with E-state index in [-0.39, 0.29) is 0 Å². The summed E-state index contributed by atoms with van der Waals surface area (Å²) in [7, 11) is 1.93. The molecule has 3 heterocycles. The minimum absolute atomic E-state index is 0.728. The summed E-state index contributed by atoms with van der Waals surface area (Å²) in [5.74, 6) is 1.64. The SMILES string of the molecule is CCN1CCN(c2nc(NCc3cccc(C)c3)c3cnn(C)c3n2)CC1. The number of aryl methyl sites for hydroxylation is 2. The largest absolute Gasteiger partial charge is 0.365 e. The van der Waals surface area contributed by atoms with Crippen LogP contribution in [0.4, 0.5) is 11.8 Å². The molecule has 2 aromatic heterocycles. The Labute approximate surface area is 160 Å². The van der Waals surface area contributed by atoms with Gasteiger partial charge >= 0.3 is 0 Å². The smallest absolute Gasteiger partial charge is 0.229 e. The second-order valence-electron chi connectivity index (χ2n) is 7.14. The van der Waals surface area contributed by atoms with Crippen molar-refractivity contribution >= 4 is 22.8 Å². The van der Waals surface area contributed by atoms with E-state index in [9.17, 15) is 0 Å². The van der Waals surface area contributed by atoms with E-state index in [1.54, 1.807) is 0 Å². The monoisotopic (exact) mass is 365 g/mol. The van der Waals surface area contributed by atoms with Crippen molar-refractivity contribution in [2.45, 2.75) is 20.4 Å². The quantitative estimate of drug-likeness (QED) is 0.749. The normalized spacial score (nSPS) is 15.4. The topological polar surface area (TPSA) is 62.1 Å². The highest BCUT2D eigenvalue weighted by Crippen LogP contribution is 2.24. The zero-order valence-electron chi connectivity index (χ0n) is 16.3. The number of benzene rings is 1. The van der Waals surface area contributed by atoms with Crippen molar-refractivity contribution < 1.29 is 0 Å². The van der Waals surface area contributed by atoms with Crippen LogP contribution in [0.15, 0.2) is 30.5 Å². The van der Waals surface area contributed by atoms with Gasteiger partial charge in [-0.3, -0.25) is 4.68 Å². The fraction of sp³-hybridized carbons (Fsp3) is 0.450. The van der Waals surface area contributed by atoms with E-state index >= 15 is 0 Å². The van der Waals surface area contributed by atoms with E-state index in [1.807, 2.05) is 17.9 Å². The van der Waals surface area contributed by atoms with Crippen LogP contribution in [0.2, 0.25) is 0 Å². The first kappa shape index (κ1) is 17.7. The van der Waals surface area contributed by atoms with Gasteiger partial charge in [-0.2, -0.15) is 15.1 Å². The van der Waals surface area contributed by atoms with Gasteiger partial charge in [0.25, 0.3) is 0 Å². The van der Waals surface area contributed by atoms with Crippen LogP contribution in [0.25, 0.3) is 11.0 Å². The maximum absolute atomic E-state index is 4.86. The highest BCUT2D eigenvalue weighted by molar-refractivity contribution is 5.87. The fourth-order valence-corrected chi connectivity index (χ4v) is 3.56.